The zero-order valence-corrected chi connectivity index (χ0v) is 15.6. The molecule has 2 saturated heterocycles. The van der Waals surface area contributed by atoms with Gasteiger partial charge in [-0.3, -0.25) is 9.69 Å². The van der Waals surface area contributed by atoms with Gasteiger partial charge in [0.25, 0.3) is 0 Å². The molecule has 23 heavy (non-hydrogen) atoms. The number of ether oxygens (including phenoxy) is 2. The van der Waals surface area contributed by atoms with Crippen molar-refractivity contribution in [2.75, 3.05) is 59.2 Å². The second-order valence-corrected chi connectivity index (χ2v) is 5.84. The van der Waals surface area contributed by atoms with Crippen LogP contribution in [0.4, 0.5) is 0 Å². The molecule has 0 bridgehead atoms. The minimum Gasteiger partial charge on any atom is -0.381 e. The predicted molar refractivity (Wildman–Crippen MR) is 95.5 cm³/mol. The first-order valence-corrected chi connectivity index (χ1v) is 8.14. The summed E-state index contributed by atoms with van der Waals surface area (Å²) < 4.78 is 10.7. The van der Waals surface area contributed by atoms with E-state index in [1.54, 1.807) is 0 Å². The SMILES string of the molecule is CCOCCN1CCN(C(=O)C(N)C2CCOCC2)CC1.Cl.Cl. The quantitative estimate of drug-likeness (QED) is 0.698. The second-order valence-electron chi connectivity index (χ2n) is 5.84. The molecule has 8 heteroatoms. The third-order valence-electron chi connectivity index (χ3n) is 4.50. The molecule has 0 aliphatic carbocycles. The normalized spacial score (nSPS) is 21.2. The highest BCUT2D eigenvalue weighted by Gasteiger charge is 2.31. The van der Waals surface area contributed by atoms with Crippen molar-refractivity contribution in [3.8, 4) is 0 Å². The van der Waals surface area contributed by atoms with Gasteiger partial charge in [0, 0.05) is 52.5 Å². The Hall–Kier alpha value is -0.110. The van der Waals surface area contributed by atoms with Crippen LogP contribution < -0.4 is 5.73 Å². The van der Waals surface area contributed by atoms with Crippen LogP contribution in [0.1, 0.15) is 19.8 Å². The van der Waals surface area contributed by atoms with Gasteiger partial charge in [0.2, 0.25) is 5.91 Å². The molecule has 1 atom stereocenters. The van der Waals surface area contributed by atoms with Gasteiger partial charge >= 0.3 is 0 Å². The lowest BCUT2D eigenvalue weighted by Crippen LogP contribution is -2.55. The van der Waals surface area contributed by atoms with Gasteiger partial charge in [0.15, 0.2) is 0 Å². The fourth-order valence-corrected chi connectivity index (χ4v) is 3.02. The largest absolute Gasteiger partial charge is 0.381 e. The standard InChI is InChI=1S/C15H29N3O3.2ClH/c1-2-20-12-9-17-5-7-18(8-6-17)15(19)14(16)13-3-10-21-11-4-13;;/h13-14H,2-12,16H2,1H3;2*1H. The molecular formula is C15H31Cl2N3O3. The Kier molecular flexibility index (Phi) is 12.2. The number of piperazine rings is 1. The van der Waals surface area contributed by atoms with E-state index in [0.717, 1.165) is 72.0 Å². The van der Waals surface area contributed by atoms with Gasteiger partial charge in [-0.1, -0.05) is 0 Å². The van der Waals surface area contributed by atoms with Crippen LogP contribution in [0.2, 0.25) is 0 Å². The summed E-state index contributed by atoms with van der Waals surface area (Å²) in [6.45, 7) is 9.34. The van der Waals surface area contributed by atoms with Crippen molar-refractivity contribution in [1.29, 1.82) is 0 Å². The first-order valence-electron chi connectivity index (χ1n) is 8.14. The molecule has 6 nitrogen and oxygen atoms in total. The van der Waals surface area contributed by atoms with Gasteiger partial charge in [0.1, 0.15) is 0 Å². The molecule has 2 rings (SSSR count). The van der Waals surface area contributed by atoms with E-state index in [-0.39, 0.29) is 42.7 Å². The molecule has 0 aromatic carbocycles. The van der Waals surface area contributed by atoms with Crippen molar-refractivity contribution in [2.24, 2.45) is 11.7 Å². The molecule has 0 aromatic rings. The van der Waals surface area contributed by atoms with Gasteiger partial charge < -0.3 is 20.1 Å². The molecule has 0 spiro atoms. The summed E-state index contributed by atoms with van der Waals surface area (Å²) in [5.41, 5.74) is 6.18. The molecule has 0 radical (unpaired) electrons. The summed E-state index contributed by atoms with van der Waals surface area (Å²) in [5.74, 6) is 0.397. The van der Waals surface area contributed by atoms with Crippen molar-refractivity contribution in [3.05, 3.63) is 0 Å². The zero-order valence-electron chi connectivity index (χ0n) is 13.9. The highest BCUT2D eigenvalue weighted by Crippen LogP contribution is 2.19. The lowest BCUT2D eigenvalue weighted by molar-refractivity contribution is -0.136. The van der Waals surface area contributed by atoms with Gasteiger partial charge in [-0.05, 0) is 25.7 Å². The second kappa shape index (κ2) is 12.3. The average molecular weight is 372 g/mol. The van der Waals surface area contributed by atoms with E-state index >= 15 is 0 Å². The first kappa shape index (κ1) is 22.9. The minimum absolute atomic E-state index is 0. The Bertz CT molecular complexity index is 323. The number of hydrogen-bond donors (Lipinski definition) is 1. The van der Waals surface area contributed by atoms with E-state index < -0.39 is 0 Å². The van der Waals surface area contributed by atoms with Gasteiger partial charge in [-0.25, -0.2) is 0 Å². The maximum Gasteiger partial charge on any atom is 0.239 e. The third-order valence-corrected chi connectivity index (χ3v) is 4.50. The summed E-state index contributed by atoms with van der Waals surface area (Å²) in [6, 6.07) is -0.358. The van der Waals surface area contributed by atoms with E-state index in [4.69, 9.17) is 15.2 Å². The van der Waals surface area contributed by atoms with E-state index in [1.807, 2.05) is 11.8 Å². The van der Waals surface area contributed by atoms with Crippen LogP contribution in [0.5, 0.6) is 0 Å². The number of carbonyl (C=O) groups excluding carboxylic acids is 1. The fourth-order valence-electron chi connectivity index (χ4n) is 3.02. The monoisotopic (exact) mass is 371 g/mol. The van der Waals surface area contributed by atoms with Crippen molar-refractivity contribution >= 4 is 30.7 Å². The summed E-state index contributed by atoms with van der Waals surface area (Å²) in [4.78, 5) is 16.8. The summed E-state index contributed by atoms with van der Waals surface area (Å²) in [6.07, 6.45) is 1.81. The van der Waals surface area contributed by atoms with Crippen LogP contribution in [0.3, 0.4) is 0 Å². The molecule has 1 amide bonds. The molecule has 2 N–H and O–H groups in total. The number of hydrogen-bond acceptors (Lipinski definition) is 5. The summed E-state index contributed by atoms with van der Waals surface area (Å²) in [5, 5.41) is 0. The first-order chi connectivity index (χ1) is 10.2. The molecule has 138 valence electrons. The number of amides is 1. The minimum atomic E-state index is -0.358. The smallest absolute Gasteiger partial charge is 0.239 e. The highest BCUT2D eigenvalue weighted by molar-refractivity contribution is 5.85. The van der Waals surface area contributed by atoms with Gasteiger partial charge in [0.05, 0.1) is 12.6 Å². The molecule has 2 aliphatic heterocycles. The van der Waals surface area contributed by atoms with Gasteiger partial charge in [-0.15, -0.1) is 24.8 Å². The number of rotatable bonds is 6. The van der Waals surface area contributed by atoms with E-state index in [0.29, 0.717) is 0 Å². The van der Waals surface area contributed by atoms with Crippen LogP contribution in [0.15, 0.2) is 0 Å². The Morgan fingerprint density at radius 3 is 2.39 bits per heavy atom. The van der Waals surface area contributed by atoms with E-state index in [1.165, 1.54) is 0 Å². The topological polar surface area (TPSA) is 68.0 Å². The van der Waals surface area contributed by atoms with Crippen LogP contribution in [-0.2, 0) is 14.3 Å². The Labute approximate surface area is 151 Å². The van der Waals surface area contributed by atoms with Crippen LogP contribution in [0.25, 0.3) is 0 Å². The molecule has 2 fully saturated rings. The number of carbonyl (C=O) groups is 1. The maximum atomic E-state index is 12.5. The molecule has 0 saturated carbocycles. The molecule has 1 unspecified atom stereocenters. The van der Waals surface area contributed by atoms with Crippen molar-refractivity contribution in [3.63, 3.8) is 0 Å². The Morgan fingerprint density at radius 1 is 1.22 bits per heavy atom. The van der Waals surface area contributed by atoms with Gasteiger partial charge in [-0.2, -0.15) is 0 Å². The molecule has 2 heterocycles. The lowest BCUT2D eigenvalue weighted by Gasteiger charge is -2.37. The predicted octanol–water partition coefficient (Wildman–Crippen LogP) is 0.765. The van der Waals surface area contributed by atoms with Crippen LogP contribution >= 0.6 is 24.8 Å². The van der Waals surface area contributed by atoms with Crippen molar-refractivity contribution < 1.29 is 14.3 Å². The Morgan fingerprint density at radius 2 is 1.83 bits per heavy atom. The lowest BCUT2D eigenvalue weighted by atomic mass is 9.91. The number of halogens is 2. The van der Waals surface area contributed by atoms with E-state index in [2.05, 4.69) is 4.90 Å². The molecule has 2 aliphatic rings. The average Bonchev–Trinajstić information content (AvgIpc) is 2.55. The van der Waals surface area contributed by atoms with Crippen LogP contribution in [0, 0.1) is 5.92 Å². The fraction of sp³-hybridized carbons (Fsp3) is 0.933. The van der Waals surface area contributed by atoms with Crippen LogP contribution in [-0.4, -0.2) is 80.9 Å². The molecular weight excluding hydrogens is 341 g/mol. The highest BCUT2D eigenvalue weighted by atomic mass is 35.5. The van der Waals surface area contributed by atoms with Crippen molar-refractivity contribution in [1.82, 2.24) is 9.80 Å². The summed E-state index contributed by atoms with van der Waals surface area (Å²) in [7, 11) is 0. The van der Waals surface area contributed by atoms with E-state index in [9.17, 15) is 4.79 Å². The maximum absolute atomic E-state index is 12.5. The summed E-state index contributed by atoms with van der Waals surface area (Å²) >= 11 is 0. The number of nitrogens with two attached hydrogens (primary N) is 1. The Balaban J connectivity index is 0.00000242. The molecule has 0 aromatic heterocycles. The number of nitrogens with zero attached hydrogens (tertiary/aromatic N) is 2. The third kappa shape index (κ3) is 7.11. The van der Waals surface area contributed by atoms with Crippen molar-refractivity contribution in [2.45, 2.75) is 25.8 Å². The zero-order chi connectivity index (χ0) is 15.1.